The lowest BCUT2D eigenvalue weighted by molar-refractivity contribution is 0.0716. The number of rotatable bonds is 4. The van der Waals surface area contributed by atoms with E-state index in [4.69, 9.17) is 4.74 Å². The molecule has 0 radical (unpaired) electrons. The SMILES string of the molecule is C=C(C)c1ccccc1C(C)=O.C=C1OC(=O)c2ccccc21.CCc1ccccc1CC. The van der Waals surface area contributed by atoms with E-state index in [2.05, 4.69) is 51.3 Å². The van der Waals surface area contributed by atoms with Gasteiger partial charge in [0.15, 0.2) is 5.78 Å². The van der Waals surface area contributed by atoms with E-state index in [-0.39, 0.29) is 11.8 Å². The summed E-state index contributed by atoms with van der Waals surface area (Å²) in [6.07, 6.45) is 2.31. The molecule has 0 aliphatic carbocycles. The standard InChI is InChI=1S/C11H12O.C10H14.C9H6O2/c1-8(2)10-6-4-5-7-11(10)9(3)12;1-3-9-7-5-6-8-10(9)4-2;1-6-7-4-2-3-5-8(7)9(10)11-6/h4-7H,1H2,2-3H3;5-8H,3-4H2,1-2H3;2-5H,1H2. The monoisotopic (exact) mass is 440 g/mol. The van der Waals surface area contributed by atoms with Crippen LogP contribution in [0.25, 0.3) is 11.3 Å². The Balaban J connectivity index is 0.000000176. The maximum atomic E-state index is 11.1. The highest BCUT2D eigenvalue weighted by atomic mass is 16.5. The zero-order valence-corrected chi connectivity index (χ0v) is 20.0. The normalized spacial score (nSPS) is 11.3. The summed E-state index contributed by atoms with van der Waals surface area (Å²) in [7, 11) is 0. The number of ether oxygens (including phenoxy) is 1. The van der Waals surface area contributed by atoms with E-state index in [1.165, 1.54) is 11.1 Å². The average Bonchev–Trinajstić information content (AvgIpc) is 3.13. The van der Waals surface area contributed by atoms with Gasteiger partial charge in [-0.2, -0.15) is 0 Å². The lowest BCUT2D eigenvalue weighted by Gasteiger charge is -2.04. The van der Waals surface area contributed by atoms with Crippen LogP contribution >= 0.6 is 0 Å². The van der Waals surface area contributed by atoms with Gasteiger partial charge in [0.05, 0.1) is 5.56 Å². The molecule has 4 rings (SSSR count). The van der Waals surface area contributed by atoms with Crippen molar-refractivity contribution in [2.24, 2.45) is 0 Å². The Morgan fingerprint density at radius 2 is 1.21 bits per heavy atom. The predicted molar refractivity (Wildman–Crippen MR) is 137 cm³/mol. The molecule has 0 fully saturated rings. The molecule has 3 nitrogen and oxygen atoms in total. The summed E-state index contributed by atoms with van der Waals surface area (Å²) < 4.78 is 4.80. The van der Waals surface area contributed by atoms with Gasteiger partial charge in [-0.15, -0.1) is 0 Å². The van der Waals surface area contributed by atoms with Gasteiger partial charge in [-0.1, -0.05) is 99.3 Å². The van der Waals surface area contributed by atoms with Gasteiger partial charge in [0.25, 0.3) is 0 Å². The van der Waals surface area contributed by atoms with Gasteiger partial charge >= 0.3 is 5.97 Å². The van der Waals surface area contributed by atoms with Crippen molar-refractivity contribution >= 4 is 23.1 Å². The minimum Gasteiger partial charge on any atom is -0.423 e. The first kappa shape index (κ1) is 25.5. The quantitative estimate of drug-likeness (QED) is 0.310. The molecule has 170 valence electrons. The minimum atomic E-state index is -0.300. The highest BCUT2D eigenvalue weighted by Crippen LogP contribution is 2.27. The molecule has 0 N–H and O–H groups in total. The smallest absolute Gasteiger partial charge is 0.344 e. The van der Waals surface area contributed by atoms with Gasteiger partial charge < -0.3 is 4.74 Å². The summed E-state index contributed by atoms with van der Waals surface area (Å²) in [6, 6.07) is 23.4. The first-order valence-electron chi connectivity index (χ1n) is 11.1. The van der Waals surface area contributed by atoms with Crippen molar-refractivity contribution in [1.29, 1.82) is 0 Å². The summed E-state index contributed by atoms with van der Waals surface area (Å²) in [6.45, 7) is 15.3. The molecule has 0 saturated heterocycles. The van der Waals surface area contributed by atoms with E-state index in [1.807, 2.05) is 43.3 Å². The van der Waals surface area contributed by atoms with E-state index in [1.54, 1.807) is 19.1 Å². The van der Waals surface area contributed by atoms with Crippen molar-refractivity contribution in [1.82, 2.24) is 0 Å². The fraction of sp³-hybridized carbons (Fsp3) is 0.200. The van der Waals surface area contributed by atoms with Gasteiger partial charge in [-0.05, 0) is 49.4 Å². The summed E-state index contributed by atoms with van der Waals surface area (Å²) >= 11 is 0. The molecular weight excluding hydrogens is 408 g/mol. The molecule has 3 aromatic carbocycles. The van der Waals surface area contributed by atoms with Crippen LogP contribution < -0.4 is 0 Å². The van der Waals surface area contributed by atoms with Crippen LogP contribution in [0.4, 0.5) is 0 Å². The fourth-order valence-corrected chi connectivity index (χ4v) is 3.54. The van der Waals surface area contributed by atoms with Gasteiger partial charge in [0.1, 0.15) is 5.76 Å². The number of cyclic esters (lactones) is 1. The fourth-order valence-electron chi connectivity index (χ4n) is 3.54. The number of carbonyl (C=O) groups is 2. The number of allylic oxidation sites excluding steroid dienone is 1. The number of hydrogen-bond donors (Lipinski definition) is 0. The molecular formula is C30H32O3. The number of fused-ring (bicyclic) bond motifs is 1. The summed E-state index contributed by atoms with van der Waals surface area (Å²) in [5.74, 6) is 0.241. The van der Waals surface area contributed by atoms with Crippen LogP contribution in [0.15, 0.2) is 86.0 Å². The van der Waals surface area contributed by atoms with Crippen molar-refractivity contribution in [3.8, 4) is 0 Å². The molecule has 33 heavy (non-hydrogen) atoms. The van der Waals surface area contributed by atoms with Crippen LogP contribution in [0.3, 0.4) is 0 Å². The van der Waals surface area contributed by atoms with Crippen LogP contribution in [0.2, 0.25) is 0 Å². The van der Waals surface area contributed by atoms with Crippen LogP contribution in [0, 0.1) is 0 Å². The number of carbonyl (C=O) groups excluding carboxylic acids is 2. The van der Waals surface area contributed by atoms with Gasteiger partial charge in [-0.3, -0.25) is 4.79 Å². The Labute approximate surface area is 197 Å². The molecule has 1 aliphatic heterocycles. The van der Waals surface area contributed by atoms with Crippen molar-refractivity contribution in [3.63, 3.8) is 0 Å². The molecule has 0 bridgehead atoms. The van der Waals surface area contributed by atoms with Crippen LogP contribution in [0.1, 0.15) is 70.7 Å². The topological polar surface area (TPSA) is 43.4 Å². The summed E-state index contributed by atoms with van der Waals surface area (Å²) in [4.78, 5) is 22.1. The maximum absolute atomic E-state index is 11.1. The van der Waals surface area contributed by atoms with Crippen molar-refractivity contribution in [2.75, 3.05) is 0 Å². The highest BCUT2D eigenvalue weighted by Gasteiger charge is 2.23. The number of hydrogen-bond acceptors (Lipinski definition) is 3. The molecule has 0 atom stereocenters. The molecule has 3 heteroatoms. The lowest BCUT2D eigenvalue weighted by Crippen LogP contribution is -1.96. The van der Waals surface area contributed by atoms with Crippen LogP contribution in [-0.2, 0) is 17.6 Å². The summed E-state index contributed by atoms with van der Waals surface area (Å²) in [5.41, 5.74) is 7.03. The van der Waals surface area contributed by atoms with E-state index < -0.39 is 0 Å². The van der Waals surface area contributed by atoms with Crippen LogP contribution in [0.5, 0.6) is 0 Å². The van der Waals surface area contributed by atoms with E-state index in [9.17, 15) is 9.59 Å². The minimum absolute atomic E-state index is 0.0913. The molecule has 0 spiro atoms. The molecule has 3 aromatic rings. The second-order valence-electron chi connectivity index (χ2n) is 7.72. The molecule has 1 aliphatic rings. The first-order valence-corrected chi connectivity index (χ1v) is 11.1. The molecule has 0 aromatic heterocycles. The molecule has 1 heterocycles. The van der Waals surface area contributed by atoms with Gasteiger partial charge in [0.2, 0.25) is 0 Å². The number of ketones is 1. The Morgan fingerprint density at radius 3 is 1.64 bits per heavy atom. The Kier molecular flexibility index (Phi) is 9.56. The number of esters is 1. The van der Waals surface area contributed by atoms with Gasteiger partial charge in [0, 0.05) is 11.1 Å². The second kappa shape index (κ2) is 12.4. The third-order valence-corrected chi connectivity index (χ3v) is 5.31. The third kappa shape index (κ3) is 6.88. The Hall–Kier alpha value is -3.72. The van der Waals surface area contributed by atoms with Crippen molar-refractivity contribution in [3.05, 3.63) is 119 Å². The highest BCUT2D eigenvalue weighted by molar-refractivity contribution is 6.02. The number of benzene rings is 3. The molecule has 0 unspecified atom stereocenters. The van der Waals surface area contributed by atoms with E-state index in [0.717, 1.165) is 35.1 Å². The van der Waals surface area contributed by atoms with Crippen molar-refractivity contribution in [2.45, 2.75) is 40.5 Å². The number of Topliss-reactive ketones (excluding diaryl/α,β-unsaturated/α-hetero) is 1. The Bertz CT molecular complexity index is 1070. The zero-order chi connectivity index (χ0) is 24.4. The zero-order valence-electron chi connectivity index (χ0n) is 20.0. The number of aryl methyl sites for hydroxylation is 2. The maximum Gasteiger partial charge on any atom is 0.344 e. The van der Waals surface area contributed by atoms with Gasteiger partial charge in [-0.25, -0.2) is 4.79 Å². The van der Waals surface area contributed by atoms with Crippen LogP contribution in [-0.4, -0.2) is 11.8 Å². The lowest BCUT2D eigenvalue weighted by atomic mass is 10.00. The third-order valence-electron chi connectivity index (χ3n) is 5.31. The van der Waals surface area contributed by atoms with E-state index >= 15 is 0 Å². The average molecular weight is 441 g/mol. The predicted octanol–water partition coefficient (Wildman–Crippen LogP) is 7.56. The van der Waals surface area contributed by atoms with Crippen molar-refractivity contribution < 1.29 is 14.3 Å². The summed E-state index contributed by atoms with van der Waals surface area (Å²) in [5, 5.41) is 0. The molecule has 0 saturated carbocycles. The largest absolute Gasteiger partial charge is 0.423 e. The second-order valence-corrected chi connectivity index (χ2v) is 7.72. The molecule has 0 amide bonds. The van der Waals surface area contributed by atoms with E-state index in [0.29, 0.717) is 11.3 Å². The Morgan fingerprint density at radius 1 is 0.758 bits per heavy atom. The first-order chi connectivity index (χ1) is 15.8.